The third kappa shape index (κ3) is 2.97. The SMILES string of the molecule is O=C(C=C1C2CC3CC1CN(C3)C2)Nc1ccc(-c2ccccc2)cc1. The Morgan fingerprint density at radius 3 is 2.19 bits per heavy atom. The van der Waals surface area contributed by atoms with E-state index < -0.39 is 0 Å². The Morgan fingerprint density at radius 1 is 0.885 bits per heavy atom. The van der Waals surface area contributed by atoms with Crippen LogP contribution in [-0.2, 0) is 4.79 Å². The maximum absolute atomic E-state index is 12.6. The molecule has 3 aliphatic heterocycles. The van der Waals surface area contributed by atoms with E-state index in [1.54, 1.807) is 0 Å². The van der Waals surface area contributed by atoms with Crippen molar-refractivity contribution in [2.24, 2.45) is 17.8 Å². The molecule has 2 atom stereocenters. The first kappa shape index (κ1) is 15.8. The molecule has 6 rings (SSSR count). The van der Waals surface area contributed by atoms with Crippen molar-refractivity contribution in [3.05, 3.63) is 66.2 Å². The van der Waals surface area contributed by atoms with Crippen LogP contribution in [0.4, 0.5) is 5.69 Å². The number of piperidine rings is 3. The van der Waals surface area contributed by atoms with Gasteiger partial charge in [0.25, 0.3) is 0 Å². The summed E-state index contributed by atoms with van der Waals surface area (Å²) in [5.74, 6) is 2.09. The van der Waals surface area contributed by atoms with Crippen molar-refractivity contribution >= 4 is 11.6 Å². The van der Waals surface area contributed by atoms with Crippen molar-refractivity contribution in [3.63, 3.8) is 0 Å². The van der Waals surface area contributed by atoms with Gasteiger partial charge in [0, 0.05) is 31.4 Å². The summed E-state index contributed by atoms with van der Waals surface area (Å²) in [5.41, 5.74) is 4.61. The molecule has 1 aliphatic carbocycles. The van der Waals surface area contributed by atoms with Crippen molar-refractivity contribution < 1.29 is 4.79 Å². The van der Waals surface area contributed by atoms with Crippen LogP contribution in [0.2, 0.25) is 0 Å². The van der Waals surface area contributed by atoms with E-state index >= 15 is 0 Å². The minimum Gasteiger partial charge on any atom is -0.323 e. The standard InChI is InChI=1S/C23H24N2O/c26-23(12-22-19-10-16-11-20(22)15-25(13-16)14-19)24-21-8-6-18(7-9-21)17-4-2-1-3-5-17/h1-9,12,16,19-20H,10-11,13-15H2,(H,24,26). The van der Waals surface area contributed by atoms with E-state index in [0.29, 0.717) is 11.8 Å². The van der Waals surface area contributed by atoms with Crippen molar-refractivity contribution in [1.82, 2.24) is 4.90 Å². The van der Waals surface area contributed by atoms with Crippen LogP contribution in [0, 0.1) is 17.8 Å². The molecule has 1 N–H and O–H groups in total. The minimum atomic E-state index is 0.0231. The van der Waals surface area contributed by atoms with Gasteiger partial charge in [-0.1, -0.05) is 48.0 Å². The fourth-order valence-electron chi connectivity index (χ4n) is 5.17. The van der Waals surface area contributed by atoms with Crippen molar-refractivity contribution in [1.29, 1.82) is 0 Å². The van der Waals surface area contributed by atoms with Gasteiger partial charge in [-0.05, 0) is 53.9 Å². The third-order valence-corrected chi connectivity index (χ3v) is 6.21. The Kier molecular flexibility index (Phi) is 3.90. The van der Waals surface area contributed by atoms with Gasteiger partial charge in [-0.2, -0.15) is 0 Å². The van der Waals surface area contributed by atoms with Gasteiger partial charge < -0.3 is 10.2 Å². The quantitative estimate of drug-likeness (QED) is 0.847. The molecule has 26 heavy (non-hydrogen) atoms. The molecule has 3 heterocycles. The normalized spacial score (nSPS) is 28.8. The molecule has 3 saturated heterocycles. The lowest BCUT2D eigenvalue weighted by Gasteiger charge is -2.53. The first-order valence-corrected chi connectivity index (χ1v) is 9.65. The second-order valence-corrected chi connectivity index (χ2v) is 8.03. The molecule has 0 spiro atoms. The van der Waals surface area contributed by atoms with Crippen LogP contribution >= 0.6 is 0 Å². The van der Waals surface area contributed by atoms with Gasteiger partial charge in [-0.3, -0.25) is 4.79 Å². The van der Waals surface area contributed by atoms with E-state index in [9.17, 15) is 4.79 Å². The molecule has 4 aliphatic rings. The minimum absolute atomic E-state index is 0.0231. The Balaban J connectivity index is 1.29. The van der Waals surface area contributed by atoms with Crippen LogP contribution in [0.3, 0.4) is 0 Å². The average Bonchev–Trinajstić information content (AvgIpc) is 2.65. The summed E-state index contributed by atoms with van der Waals surface area (Å²) >= 11 is 0. The molecule has 2 unspecified atom stereocenters. The number of carbonyl (C=O) groups excluding carboxylic acids is 1. The van der Waals surface area contributed by atoms with Gasteiger partial charge in [0.05, 0.1) is 0 Å². The number of carbonyl (C=O) groups is 1. The van der Waals surface area contributed by atoms with Crippen LogP contribution in [0.5, 0.6) is 0 Å². The first-order valence-electron chi connectivity index (χ1n) is 9.65. The summed E-state index contributed by atoms with van der Waals surface area (Å²) in [5, 5.41) is 3.05. The summed E-state index contributed by atoms with van der Waals surface area (Å²) < 4.78 is 0. The predicted octanol–water partition coefficient (Wildman–Crippen LogP) is 4.19. The number of nitrogens with zero attached hydrogens (tertiary/aromatic N) is 1. The molecular weight excluding hydrogens is 320 g/mol. The number of hydrogen-bond donors (Lipinski definition) is 1. The molecule has 3 nitrogen and oxygen atoms in total. The molecule has 4 bridgehead atoms. The molecule has 4 fully saturated rings. The number of anilines is 1. The molecule has 2 aromatic carbocycles. The third-order valence-electron chi connectivity index (χ3n) is 6.21. The smallest absolute Gasteiger partial charge is 0.248 e. The van der Waals surface area contributed by atoms with Gasteiger partial charge in [-0.15, -0.1) is 0 Å². The molecular formula is C23H24N2O. The second kappa shape index (κ2) is 6.40. The lowest BCUT2D eigenvalue weighted by molar-refractivity contribution is -0.112. The van der Waals surface area contributed by atoms with E-state index in [0.717, 1.165) is 30.3 Å². The summed E-state index contributed by atoms with van der Waals surface area (Å²) in [7, 11) is 0. The first-order chi connectivity index (χ1) is 12.7. The van der Waals surface area contributed by atoms with Crippen molar-refractivity contribution in [2.75, 3.05) is 25.0 Å². The maximum atomic E-state index is 12.6. The fourth-order valence-corrected chi connectivity index (χ4v) is 5.17. The molecule has 0 radical (unpaired) electrons. The van der Waals surface area contributed by atoms with Crippen molar-refractivity contribution in [2.45, 2.75) is 12.8 Å². The van der Waals surface area contributed by atoms with E-state index in [2.05, 4.69) is 34.5 Å². The Hall–Kier alpha value is -2.39. The highest BCUT2D eigenvalue weighted by Crippen LogP contribution is 2.46. The summed E-state index contributed by atoms with van der Waals surface area (Å²) in [6, 6.07) is 18.4. The highest BCUT2D eigenvalue weighted by Gasteiger charge is 2.44. The zero-order valence-electron chi connectivity index (χ0n) is 14.9. The van der Waals surface area contributed by atoms with E-state index in [1.165, 1.54) is 30.5 Å². The van der Waals surface area contributed by atoms with Crippen LogP contribution in [0.15, 0.2) is 66.2 Å². The summed E-state index contributed by atoms with van der Waals surface area (Å²) in [6.07, 6.45) is 4.45. The predicted molar refractivity (Wildman–Crippen MR) is 105 cm³/mol. The molecule has 132 valence electrons. The van der Waals surface area contributed by atoms with E-state index in [-0.39, 0.29) is 5.91 Å². The Bertz CT molecular complexity index is 808. The van der Waals surface area contributed by atoms with Gasteiger partial charge in [0.15, 0.2) is 0 Å². The number of benzene rings is 2. The number of amides is 1. The van der Waals surface area contributed by atoms with Crippen molar-refractivity contribution in [3.8, 4) is 11.1 Å². The maximum Gasteiger partial charge on any atom is 0.248 e. The summed E-state index contributed by atoms with van der Waals surface area (Å²) in [6.45, 7) is 3.58. The number of nitrogens with one attached hydrogen (secondary N) is 1. The van der Waals surface area contributed by atoms with E-state index in [1.807, 2.05) is 36.4 Å². The highest BCUT2D eigenvalue weighted by molar-refractivity contribution is 6.00. The topological polar surface area (TPSA) is 32.3 Å². The molecule has 0 aromatic heterocycles. The van der Waals surface area contributed by atoms with Gasteiger partial charge in [-0.25, -0.2) is 0 Å². The monoisotopic (exact) mass is 344 g/mol. The van der Waals surface area contributed by atoms with Gasteiger partial charge >= 0.3 is 0 Å². The van der Waals surface area contributed by atoms with Crippen LogP contribution < -0.4 is 5.32 Å². The average molecular weight is 344 g/mol. The van der Waals surface area contributed by atoms with E-state index in [4.69, 9.17) is 0 Å². The number of hydrogen-bond acceptors (Lipinski definition) is 2. The molecule has 1 saturated carbocycles. The van der Waals surface area contributed by atoms with Crippen LogP contribution in [-0.4, -0.2) is 30.4 Å². The van der Waals surface area contributed by atoms with Gasteiger partial charge in [0.1, 0.15) is 0 Å². The fraction of sp³-hybridized carbons (Fsp3) is 0.348. The number of rotatable bonds is 3. The lowest BCUT2D eigenvalue weighted by atomic mass is 9.65. The van der Waals surface area contributed by atoms with Gasteiger partial charge in [0.2, 0.25) is 5.91 Å². The largest absolute Gasteiger partial charge is 0.323 e. The lowest BCUT2D eigenvalue weighted by Crippen LogP contribution is -2.54. The molecule has 2 aromatic rings. The highest BCUT2D eigenvalue weighted by atomic mass is 16.1. The summed E-state index contributed by atoms with van der Waals surface area (Å²) in [4.78, 5) is 15.1. The Morgan fingerprint density at radius 2 is 1.54 bits per heavy atom. The van der Waals surface area contributed by atoms with Crippen LogP contribution in [0.1, 0.15) is 12.8 Å². The van der Waals surface area contributed by atoms with Crippen LogP contribution in [0.25, 0.3) is 11.1 Å². The molecule has 3 heteroatoms. The Labute approximate surface area is 154 Å². The zero-order valence-corrected chi connectivity index (χ0v) is 14.9. The zero-order chi connectivity index (χ0) is 17.5. The second-order valence-electron chi connectivity index (χ2n) is 8.03. The molecule has 1 amide bonds.